The summed E-state index contributed by atoms with van der Waals surface area (Å²) in [7, 11) is 6.10. The van der Waals surface area contributed by atoms with Gasteiger partial charge in [0.2, 0.25) is 5.75 Å². The minimum absolute atomic E-state index is 0.261. The van der Waals surface area contributed by atoms with Gasteiger partial charge in [-0.1, -0.05) is 0 Å². The number of nitrogens with zero attached hydrogens (tertiary/aromatic N) is 1. The fraction of sp³-hybridized carbons (Fsp3) is 0.533. The number of carbonyl (C=O) groups is 1. The Bertz CT molecular complexity index is 488. The van der Waals surface area contributed by atoms with E-state index in [1.807, 2.05) is 12.1 Å². The number of rotatable bonds is 6. The maximum absolute atomic E-state index is 11.8. The zero-order chi connectivity index (χ0) is 15.4. The van der Waals surface area contributed by atoms with Crippen LogP contribution in [-0.2, 0) is 11.3 Å². The summed E-state index contributed by atoms with van der Waals surface area (Å²) in [5.74, 6) is 1.69. The van der Waals surface area contributed by atoms with Crippen molar-refractivity contribution >= 4 is 6.09 Å². The Morgan fingerprint density at radius 2 is 1.67 bits per heavy atom. The van der Waals surface area contributed by atoms with Crippen molar-refractivity contribution in [1.29, 1.82) is 0 Å². The van der Waals surface area contributed by atoms with Crippen molar-refractivity contribution in [2.24, 2.45) is 0 Å². The second kappa shape index (κ2) is 6.56. The number of benzene rings is 1. The topological polar surface area (TPSA) is 57.2 Å². The first-order chi connectivity index (χ1) is 10.1. The van der Waals surface area contributed by atoms with Gasteiger partial charge in [0.1, 0.15) is 0 Å². The Kier molecular flexibility index (Phi) is 4.77. The highest BCUT2D eigenvalue weighted by Gasteiger charge is 2.33. The predicted molar refractivity (Wildman–Crippen MR) is 77.1 cm³/mol. The molecule has 6 nitrogen and oxygen atoms in total. The molecule has 0 radical (unpaired) electrons. The van der Waals surface area contributed by atoms with Crippen LogP contribution in [0.25, 0.3) is 0 Å². The first-order valence-electron chi connectivity index (χ1n) is 6.78. The van der Waals surface area contributed by atoms with Crippen LogP contribution in [0, 0.1) is 0 Å². The van der Waals surface area contributed by atoms with Crippen LogP contribution in [0.5, 0.6) is 17.2 Å². The Morgan fingerprint density at radius 3 is 2.05 bits per heavy atom. The molecule has 0 aromatic heterocycles. The molecule has 0 unspecified atom stereocenters. The highest BCUT2D eigenvalue weighted by molar-refractivity contribution is 5.68. The Hall–Kier alpha value is -2.11. The van der Waals surface area contributed by atoms with Crippen molar-refractivity contribution in [3.63, 3.8) is 0 Å². The zero-order valence-corrected chi connectivity index (χ0v) is 12.8. The molecule has 0 spiro atoms. The van der Waals surface area contributed by atoms with Crippen LogP contribution in [0.3, 0.4) is 0 Å². The summed E-state index contributed by atoms with van der Waals surface area (Å²) >= 11 is 0. The molecule has 1 aromatic rings. The lowest BCUT2D eigenvalue weighted by molar-refractivity contribution is 0.117. The van der Waals surface area contributed by atoms with Crippen molar-refractivity contribution < 1.29 is 23.7 Å². The summed E-state index contributed by atoms with van der Waals surface area (Å²) in [6, 6.07) is 3.95. The smallest absolute Gasteiger partial charge is 0.410 e. The third-order valence-electron chi connectivity index (χ3n) is 3.47. The van der Waals surface area contributed by atoms with E-state index in [0.717, 1.165) is 18.4 Å². The molecule has 1 amide bonds. The van der Waals surface area contributed by atoms with Crippen LogP contribution in [-0.4, -0.2) is 45.5 Å². The van der Waals surface area contributed by atoms with Crippen molar-refractivity contribution in [1.82, 2.24) is 4.90 Å². The molecule has 116 valence electrons. The standard InChI is InChI=1S/C15H21NO5/c1-18-12-7-10(8-13(19-2)14(12)20-3)9-16(11-5-6-11)15(17)21-4/h7-8,11H,5-6,9H2,1-4H3. The van der Waals surface area contributed by atoms with Gasteiger partial charge in [0.15, 0.2) is 11.5 Å². The molecular weight excluding hydrogens is 274 g/mol. The molecular formula is C15H21NO5. The third kappa shape index (κ3) is 3.32. The van der Waals surface area contributed by atoms with Gasteiger partial charge in [0.25, 0.3) is 0 Å². The van der Waals surface area contributed by atoms with Gasteiger partial charge in [0, 0.05) is 12.6 Å². The maximum atomic E-state index is 11.8. The zero-order valence-electron chi connectivity index (χ0n) is 12.8. The second-order valence-corrected chi connectivity index (χ2v) is 4.86. The van der Waals surface area contributed by atoms with Gasteiger partial charge in [-0.3, -0.25) is 0 Å². The number of hydrogen-bond acceptors (Lipinski definition) is 5. The summed E-state index contributed by atoms with van der Waals surface area (Å²) in [5, 5.41) is 0. The van der Waals surface area contributed by atoms with Gasteiger partial charge >= 0.3 is 6.09 Å². The van der Waals surface area contributed by atoms with Crippen molar-refractivity contribution in [3.8, 4) is 17.2 Å². The van der Waals surface area contributed by atoms with Crippen LogP contribution in [0.1, 0.15) is 18.4 Å². The number of ether oxygens (including phenoxy) is 4. The van der Waals surface area contributed by atoms with E-state index in [-0.39, 0.29) is 12.1 Å². The van der Waals surface area contributed by atoms with Gasteiger partial charge < -0.3 is 23.8 Å². The Labute approximate surface area is 124 Å². The average Bonchev–Trinajstić information content (AvgIpc) is 3.35. The first-order valence-corrected chi connectivity index (χ1v) is 6.78. The summed E-state index contributed by atoms with van der Waals surface area (Å²) < 4.78 is 20.8. The van der Waals surface area contributed by atoms with E-state index in [1.165, 1.54) is 7.11 Å². The van der Waals surface area contributed by atoms with Gasteiger partial charge in [-0.15, -0.1) is 0 Å². The molecule has 1 saturated carbocycles. The minimum Gasteiger partial charge on any atom is -0.493 e. The maximum Gasteiger partial charge on any atom is 0.410 e. The number of hydrogen-bond donors (Lipinski definition) is 0. The lowest BCUT2D eigenvalue weighted by atomic mass is 10.1. The average molecular weight is 295 g/mol. The molecule has 2 rings (SSSR count). The summed E-state index contributed by atoms with van der Waals surface area (Å²) in [5.41, 5.74) is 0.904. The number of amides is 1. The molecule has 6 heteroatoms. The van der Waals surface area contributed by atoms with Crippen LogP contribution >= 0.6 is 0 Å². The minimum atomic E-state index is -0.314. The van der Waals surface area contributed by atoms with E-state index in [0.29, 0.717) is 23.8 Å². The van der Waals surface area contributed by atoms with Gasteiger partial charge in [-0.2, -0.15) is 0 Å². The molecule has 1 aliphatic rings. The predicted octanol–water partition coefficient (Wildman–Crippen LogP) is 2.44. The molecule has 0 bridgehead atoms. The molecule has 0 atom stereocenters. The second-order valence-electron chi connectivity index (χ2n) is 4.86. The van der Waals surface area contributed by atoms with Gasteiger partial charge in [-0.25, -0.2) is 4.79 Å². The van der Waals surface area contributed by atoms with E-state index in [4.69, 9.17) is 18.9 Å². The van der Waals surface area contributed by atoms with Crippen LogP contribution in [0.4, 0.5) is 4.79 Å². The van der Waals surface area contributed by atoms with Crippen LogP contribution in [0.15, 0.2) is 12.1 Å². The molecule has 1 aromatic carbocycles. The monoisotopic (exact) mass is 295 g/mol. The van der Waals surface area contributed by atoms with Gasteiger partial charge in [-0.05, 0) is 30.5 Å². The van der Waals surface area contributed by atoms with Crippen LogP contribution in [0.2, 0.25) is 0 Å². The Balaban J connectivity index is 2.28. The SMILES string of the molecule is COC(=O)N(Cc1cc(OC)c(OC)c(OC)c1)C1CC1. The molecule has 0 saturated heterocycles. The van der Waals surface area contributed by atoms with Crippen LogP contribution < -0.4 is 14.2 Å². The van der Waals surface area contributed by atoms with E-state index < -0.39 is 0 Å². The number of methoxy groups -OCH3 is 4. The fourth-order valence-corrected chi connectivity index (χ4v) is 2.27. The summed E-state index contributed by atoms with van der Waals surface area (Å²) in [6.45, 7) is 0.452. The molecule has 1 fully saturated rings. The van der Waals surface area contributed by atoms with E-state index in [2.05, 4.69) is 0 Å². The quantitative estimate of drug-likeness (QED) is 0.807. The molecule has 21 heavy (non-hydrogen) atoms. The first kappa shape index (κ1) is 15.3. The Morgan fingerprint density at radius 1 is 1.10 bits per heavy atom. The lowest BCUT2D eigenvalue weighted by Gasteiger charge is -2.22. The van der Waals surface area contributed by atoms with Gasteiger partial charge in [0.05, 0.1) is 28.4 Å². The molecule has 0 N–H and O–H groups in total. The summed E-state index contributed by atoms with van der Waals surface area (Å²) in [4.78, 5) is 13.6. The molecule has 0 aliphatic heterocycles. The van der Waals surface area contributed by atoms with E-state index in [9.17, 15) is 4.79 Å². The molecule has 0 heterocycles. The highest BCUT2D eigenvalue weighted by Crippen LogP contribution is 2.39. The van der Waals surface area contributed by atoms with E-state index in [1.54, 1.807) is 26.2 Å². The number of carbonyl (C=O) groups excluding carboxylic acids is 1. The largest absolute Gasteiger partial charge is 0.493 e. The lowest BCUT2D eigenvalue weighted by Crippen LogP contribution is -2.32. The highest BCUT2D eigenvalue weighted by atomic mass is 16.5. The van der Waals surface area contributed by atoms with Crippen molar-refractivity contribution in [2.75, 3.05) is 28.4 Å². The normalized spacial score (nSPS) is 13.5. The van der Waals surface area contributed by atoms with Crippen molar-refractivity contribution in [2.45, 2.75) is 25.4 Å². The fourth-order valence-electron chi connectivity index (χ4n) is 2.27. The third-order valence-corrected chi connectivity index (χ3v) is 3.47. The molecule has 1 aliphatic carbocycles. The van der Waals surface area contributed by atoms with Crippen molar-refractivity contribution in [3.05, 3.63) is 17.7 Å². The van der Waals surface area contributed by atoms with E-state index >= 15 is 0 Å². The summed E-state index contributed by atoms with van der Waals surface area (Å²) in [6.07, 6.45) is 1.71.